The summed E-state index contributed by atoms with van der Waals surface area (Å²) >= 11 is 0. The Morgan fingerprint density at radius 2 is 2.09 bits per heavy atom. The van der Waals surface area contributed by atoms with Crippen molar-refractivity contribution in [2.75, 3.05) is 13.9 Å². The lowest BCUT2D eigenvalue weighted by Gasteiger charge is -2.16. The number of para-hydroxylation sites is 1. The molecule has 0 saturated heterocycles. The van der Waals surface area contributed by atoms with Gasteiger partial charge in [-0.05, 0) is 30.7 Å². The van der Waals surface area contributed by atoms with Crippen molar-refractivity contribution in [3.8, 4) is 17.2 Å². The van der Waals surface area contributed by atoms with Gasteiger partial charge in [0.1, 0.15) is 0 Å². The van der Waals surface area contributed by atoms with E-state index in [0.29, 0.717) is 6.54 Å². The summed E-state index contributed by atoms with van der Waals surface area (Å²) in [5, 5.41) is 3.37. The van der Waals surface area contributed by atoms with Crippen LogP contribution in [-0.4, -0.2) is 13.9 Å². The van der Waals surface area contributed by atoms with Gasteiger partial charge >= 0.3 is 0 Å². The number of benzene rings is 2. The SMILES string of the molecule is COc1ccc(C(C)NCc2cccc3c2OCO3)cc1F.Cl. The van der Waals surface area contributed by atoms with Crippen molar-refractivity contribution in [1.29, 1.82) is 0 Å². The molecule has 1 atom stereocenters. The minimum absolute atomic E-state index is 0. The molecule has 0 saturated carbocycles. The van der Waals surface area contributed by atoms with E-state index in [1.165, 1.54) is 13.2 Å². The zero-order valence-corrected chi connectivity index (χ0v) is 13.8. The molecule has 23 heavy (non-hydrogen) atoms. The van der Waals surface area contributed by atoms with E-state index in [9.17, 15) is 4.39 Å². The zero-order chi connectivity index (χ0) is 15.5. The highest BCUT2D eigenvalue weighted by Gasteiger charge is 2.17. The molecule has 1 aliphatic heterocycles. The third kappa shape index (κ3) is 3.68. The number of fused-ring (bicyclic) bond motifs is 1. The Morgan fingerprint density at radius 1 is 1.26 bits per heavy atom. The average molecular weight is 340 g/mol. The summed E-state index contributed by atoms with van der Waals surface area (Å²) in [6.45, 7) is 2.86. The van der Waals surface area contributed by atoms with Crippen molar-refractivity contribution in [3.05, 3.63) is 53.3 Å². The Balaban J connectivity index is 0.00000192. The van der Waals surface area contributed by atoms with E-state index < -0.39 is 0 Å². The summed E-state index contributed by atoms with van der Waals surface area (Å²) in [6, 6.07) is 10.8. The quantitative estimate of drug-likeness (QED) is 0.898. The zero-order valence-electron chi connectivity index (χ0n) is 13.0. The smallest absolute Gasteiger partial charge is 0.231 e. The van der Waals surface area contributed by atoms with Crippen molar-refractivity contribution in [3.63, 3.8) is 0 Å². The van der Waals surface area contributed by atoms with Crippen LogP contribution in [0, 0.1) is 5.82 Å². The van der Waals surface area contributed by atoms with Crippen LogP contribution >= 0.6 is 12.4 Å². The summed E-state index contributed by atoms with van der Waals surface area (Å²) in [7, 11) is 1.46. The minimum Gasteiger partial charge on any atom is -0.494 e. The van der Waals surface area contributed by atoms with Crippen molar-refractivity contribution in [1.82, 2.24) is 5.32 Å². The second-order valence-corrected chi connectivity index (χ2v) is 5.15. The topological polar surface area (TPSA) is 39.7 Å². The molecule has 0 bridgehead atoms. The molecule has 124 valence electrons. The summed E-state index contributed by atoms with van der Waals surface area (Å²) in [5.74, 6) is 1.44. The Kier molecular flexibility index (Phi) is 5.69. The van der Waals surface area contributed by atoms with Gasteiger partial charge in [0.05, 0.1) is 7.11 Å². The molecule has 0 aromatic heterocycles. The summed E-state index contributed by atoms with van der Waals surface area (Å²) in [4.78, 5) is 0. The van der Waals surface area contributed by atoms with Gasteiger partial charge in [-0.25, -0.2) is 4.39 Å². The van der Waals surface area contributed by atoms with Crippen molar-refractivity contribution >= 4 is 12.4 Å². The molecule has 0 fully saturated rings. The Morgan fingerprint density at radius 3 is 2.83 bits per heavy atom. The summed E-state index contributed by atoms with van der Waals surface area (Å²) in [6.07, 6.45) is 0. The maximum Gasteiger partial charge on any atom is 0.231 e. The molecule has 1 unspecified atom stereocenters. The van der Waals surface area contributed by atoms with Gasteiger partial charge in [-0.15, -0.1) is 12.4 Å². The van der Waals surface area contributed by atoms with Gasteiger partial charge in [0.25, 0.3) is 0 Å². The maximum atomic E-state index is 13.8. The molecule has 1 aliphatic rings. The lowest BCUT2D eigenvalue weighted by Crippen LogP contribution is -2.18. The molecule has 0 aliphatic carbocycles. The first-order chi connectivity index (χ1) is 10.7. The van der Waals surface area contributed by atoms with E-state index in [1.54, 1.807) is 6.07 Å². The van der Waals surface area contributed by atoms with Crippen LogP contribution in [0.2, 0.25) is 0 Å². The molecule has 0 amide bonds. The first-order valence-electron chi connectivity index (χ1n) is 7.13. The standard InChI is InChI=1S/C17H18FNO3.ClH/c1-11(12-6-7-15(20-2)14(18)8-12)19-9-13-4-3-5-16-17(13)22-10-21-16;/h3-8,11,19H,9-10H2,1-2H3;1H. The van der Waals surface area contributed by atoms with Gasteiger partial charge in [0.2, 0.25) is 6.79 Å². The third-order valence-corrected chi connectivity index (χ3v) is 3.75. The Bertz CT molecular complexity index is 681. The van der Waals surface area contributed by atoms with Crippen LogP contribution in [0.25, 0.3) is 0 Å². The van der Waals surface area contributed by atoms with Crippen molar-refractivity contribution in [2.24, 2.45) is 0 Å². The van der Waals surface area contributed by atoms with Crippen LogP contribution in [0.3, 0.4) is 0 Å². The fourth-order valence-electron chi connectivity index (χ4n) is 2.46. The highest BCUT2D eigenvalue weighted by atomic mass is 35.5. The lowest BCUT2D eigenvalue weighted by atomic mass is 10.1. The lowest BCUT2D eigenvalue weighted by molar-refractivity contribution is 0.173. The molecule has 1 heterocycles. The third-order valence-electron chi connectivity index (χ3n) is 3.75. The van der Waals surface area contributed by atoms with E-state index in [1.807, 2.05) is 31.2 Å². The molecule has 0 radical (unpaired) electrons. The number of halogens is 2. The predicted molar refractivity (Wildman–Crippen MR) is 88.0 cm³/mol. The van der Waals surface area contributed by atoms with Gasteiger partial charge < -0.3 is 19.5 Å². The van der Waals surface area contributed by atoms with E-state index >= 15 is 0 Å². The minimum atomic E-state index is -0.356. The van der Waals surface area contributed by atoms with E-state index in [4.69, 9.17) is 14.2 Å². The van der Waals surface area contributed by atoms with Crippen LogP contribution in [-0.2, 0) is 6.54 Å². The fraction of sp³-hybridized carbons (Fsp3) is 0.294. The molecular formula is C17H19ClFNO3. The van der Waals surface area contributed by atoms with Gasteiger partial charge in [-0.1, -0.05) is 18.2 Å². The van der Waals surface area contributed by atoms with Crippen LogP contribution in [0.15, 0.2) is 36.4 Å². The molecule has 0 spiro atoms. The number of nitrogens with one attached hydrogen (secondary N) is 1. The number of ether oxygens (including phenoxy) is 3. The second-order valence-electron chi connectivity index (χ2n) is 5.15. The Hall–Kier alpha value is -1.98. The summed E-state index contributed by atoms with van der Waals surface area (Å²) in [5.41, 5.74) is 1.89. The molecule has 2 aromatic rings. The molecule has 3 rings (SSSR count). The van der Waals surface area contributed by atoms with Crippen LogP contribution in [0.5, 0.6) is 17.2 Å². The van der Waals surface area contributed by atoms with Crippen LogP contribution in [0.4, 0.5) is 4.39 Å². The second kappa shape index (κ2) is 7.53. The highest BCUT2D eigenvalue weighted by molar-refractivity contribution is 5.85. The van der Waals surface area contributed by atoms with Gasteiger partial charge in [-0.3, -0.25) is 0 Å². The molecule has 6 heteroatoms. The maximum absolute atomic E-state index is 13.8. The van der Waals surface area contributed by atoms with Crippen LogP contribution < -0.4 is 19.5 Å². The van der Waals surface area contributed by atoms with Gasteiger partial charge in [0, 0.05) is 18.2 Å². The number of hydrogen-bond acceptors (Lipinski definition) is 4. The van der Waals surface area contributed by atoms with E-state index in [0.717, 1.165) is 22.6 Å². The molecular weight excluding hydrogens is 321 g/mol. The normalized spacial score (nSPS) is 13.3. The Labute approximate surface area is 141 Å². The fourth-order valence-corrected chi connectivity index (χ4v) is 2.46. The number of rotatable bonds is 5. The summed E-state index contributed by atoms with van der Waals surface area (Å²) < 4.78 is 29.5. The molecule has 1 N–H and O–H groups in total. The largest absolute Gasteiger partial charge is 0.494 e. The predicted octanol–water partition coefficient (Wildman–Crippen LogP) is 3.84. The monoisotopic (exact) mass is 339 g/mol. The van der Waals surface area contributed by atoms with Gasteiger partial charge in [-0.2, -0.15) is 0 Å². The molecule has 4 nitrogen and oxygen atoms in total. The van der Waals surface area contributed by atoms with Crippen molar-refractivity contribution in [2.45, 2.75) is 19.5 Å². The first kappa shape index (κ1) is 17.4. The van der Waals surface area contributed by atoms with E-state index in [2.05, 4.69) is 5.32 Å². The van der Waals surface area contributed by atoms with Crippen molar-refractivity contribution < 1.29 is 18.6 Å². The van der Waals surface area contributed by atoms with Crippen LogP contribution in [0.1, 0.15) is 24.1 Å². The molecule has 2 aromatic carbocycles. The highest BCUT2D eigenvalue weighted by Crippen LogP contribution is 2.35. The first-order valence-corrected chi connectivity index (χ1v) is 7.13. The average Bonchev–Trinajstić information content (AvgIpc) is 3.01. The number of hydrogen-bond donors (Lipinski definition) is 1. The van der Waals surface area contributed by atoms with Gasteiger partial charge in [0.15, 0.2) is 23.1 Å². The van der Waals surface area contributed by atoms with E-state index in [-0.39, 0.29) is 36.8 Å². The number of methoxy groups -OCH3 is 1.